The Labute approximate surface area is 123 Å². The van der Waals surface area contributed by atoms with E-state index in [1.54, 1.807) is 0 Å². The van der Waals surface area contributed by atoms with E-state index in [0.29, 0.717) is 17.9 Å². The van der Waals surface area contributed by atoms with Crippen molar-refractivity contribution in [1.82, 2.24) is 10.6 Å². The number of hydrogen-bond acceptors (Lipinski definition) is 5. The molecule has 0 aromatic heterocycles. The van der Waals surface area contributed by atoms with E-state index in [4.69, 9.17) is 0 Å². The molecule has 0 saturated carbocycles. The number of Topliss-reactive ketones (excluding diaryl/α,β-unsaturated/α-hetero) is 1. The molecule has 2 N–H and O–H groups in total. The van der Waals surface area contributed by atoms with E-state index in [2.05, 4.69) is 10.6 Å². The highest BCUT2D eigenvalue weighted by Gasteiger charge is 2.23. The molecule has 2 amide bonds. The van der Waals surface area contributed by atoms with Gasteiger partial charge in [0.2, 0.25) is 11.8 Å². The summed E-state index contributed by atoms with van der Waals surface area (Å²) >= 11 is 2.87. The van der Waals surface area contributed by atoms with Crippen LogP contribution in [0.2, 0.25) is 0 Å². The van der Waals surface area contributed by atoms with Crippen LogP contribution in [0.1, 0.15) is 20.3 Å². The van der Waals surface area contributed by atoms with Gasteiger partial charge < -0.3 is 10.6 Å². The lowest BCUT2D eigenvalue weighted by Gasteiger charge is -2.20. The Morgan fingerprint density at radius 3 is 2.11 bits per heavy atom. The van der Waals surface area contributed by atoms with Gasteiger partial charge in [-0.05, 0) is 25.9 Å². The summed E-state index contributed by atoms with van der Waals surface area (Å²) in [5.74, 6) is 0.264. The summed E-state index contributed by atoms with van der Waals surface area (Å²) in [7, 11) is 0. The highest BCUT2D eigenvalue weighted by Crippen LogP contribution is 2.01. The minimum atomic E-state index is -0.594. The maximum Gasteiger partial charge on any atom is 0.244 e. The quantitative estimate of drug-likeness (QED) is 0.655. The maximum absolute atomic E-state index is 12.0. The zero-order valence-corrected chi connectivity index (χ0v) is 13.5. The van der Waals surface area contributed by atoms with Crippen molar-refractivity contribution < 1.29 is 14.4 Å². The third kappa shape index (κ3) is 7.47. The topological polar surface area (TPSA) is 75.3 Å². The predicted octanol–water partition coefficient (Wildman–Crippen LogP) is 0.681. The molecule has 0 aromatic rings. The largest absolute Gasteiger partial charge is 0.345 e. The fourth-order valence-electron chi connectivity index (χ4n) is 1.48. The smallest absolute Gasteiger partial charge is 0.244 e. The molecule has 0 aliphatic rings. The number of thioether (sulfide) groups is 2. The number of carbonyl (C=O) groups is 3. The van der Waals surface area contributed by atoms with Gasteiger partial charge in [-0.3, -0.25) is 14.4 Å². The SMILES string of the molecule is CCC(NC(=O)C(CSC)NC(=O)CSC)C(C)=O. The second-order valence-corrected chi connectivity index (χ2v) is 5.87. The molecule has 0 spiro atoms. The van der Waals surface area contributed by atoms with E-state index in [-0.39, 0.29) is 17.6 Å². The van der Waals surface area contributed by atoms with Crippen molar-refractivity contribution in [2.75, 3.05) is 24.0 Å². The maximum atomic E-state index is 12.0. The number of amides is 2. The molecule has 7 heteroatoms. The Kier molecular flexibility index (Phi) is 9.77. The van der Waals surface area contributed by atoms with Crippen LogP contribution < -0.4 is 10.6 Å². The van der Waals surface area contributed by atoms with Crippen LogP contribution >= 0.6 is 23.5 Å². The molecular formula is C12H22N2O3S2. The van der Waals surface area contributed by atoms with Crippen molar-refractivity contribution >= 4 is 41.1 Å². The van der Waals surface area contributed by atoms with Gasteiger partial charge in [-0.1, -0.05) is 6.92 Å². The summed E-state index contributed by atoms with van der Waals surface area (Å²) in [6.07, 6.45) is 4.24. The highest BCUT2D eigenvalue weighted by molar-refractivity contribution is 7.99. The lowest BCUT2D eigenvalue weighted by Crippen LogP contribution is -2.52. The molecule has 0 radical (unpaired) electrons. The van der Waals surface area contributed by atoms with Gasteiger partial charge in [0.1, 0.15) is 6.04 Å². The summed E-state index contributed by atoms with van der Waals surface area (Å²) < 4.78 is 0. The normalized spacial score (nSPS) is 13.5. The van der Waals surface area contributed by atoms with Crippen LogP contribution in [0.5, 0.6) is 0 Å². The first-order valence-electron chi connectivity index (χ1n) is 6.04. The molecule has 19 heavy (non-hydrogen) atoms. The Bertz CT molecular complexity index is 324. The Morgan fingerprint density at radius 2 is 1.68 bits per heavy atom. The van der Waals surface area contributed by atoms with Crippen molar-refractivity contribution in [2.24, 2.45) is 0 Å². The summed E-state index contributed by atoms with van der Waals surface area (Å²) in [5.41, 5.74) is 0. The van der Waals surface area contributed by atoms with E-state index in [9.17, 15) is 14.4 Å². The third-order valence-electron chi connectivity index (χ3n) is 2.48. The minimum Gasteiger partial charge on any atom is -0.345 e. The summed E-state index contributed by atoms with van der Waals surface area (Å²) in [6.45, 7) is 3.28. The molecule has 0 saturated heterocycles. The van der Waals surface area contributed by atoms with Gasteiger partial charge in [-0.2, -0.15) is 23.5 Å². The monoisotopic (exact) mass is 306 g/mol. The number of carbonyl (C=O) groups excluding carboxylic acids is 3. The van der Waals surface area contributed by atoms with Crippen LogP contribution in [-0.2, 0) is 14.4 Å². The summed E-state index contributed by atoms with van der Waals surface area (Å²) in [6, 6.07) is -1.07. The molecule has 2 unspecified atom stereocenters. The molecule has 0 rings (SSSR count). The number of hydrogen-bond donors (Lipinski definition) is 2. The number of ketones is 1. The van der Waals surface area contributed by atoms with Crippen LogP contribution in [0.15, 0.2) is 0 Å². The molecule has 0 bridgehead atoms. The second kappa shape index (κ2) is 10.1. The molecule has 110 valence electrons. The fourth-order valence-corrected chi connectivity index (χ4v) is 2.39. The van der Waals surface area contributed by atoms with E-state index >= 15 is 0 Å². The lowest BCUT2D eigenvalue weighted by molar-refractivity contribution is -0.130. The van der Waals surface area contributed by atoms with Gasteiger partial charge in [0.25, 0.3) is 0 Å². The number of nitrogens with one attached hydrogen (secondary N) is 2. The van der Waals surface area contributed by atoms with E-state index < -0.39 is 12.1 Å². The van der Waals surface area contributed by atoms with Gasteiger partial charge >= 0.3 is 0 Å². The molecule has 0 aromatic carbocycles. The van der Waals surface area contributed by atoms with Crippen molar-refractivity contribution in [1.29, 1.82) is 0 Å². The van der Waals surface area contributed by atoms with Crippen molar-refractivity contribution in [3.8, 4) is 0 Å². The van der Waals surface area contributed by atoms with Gasteiger partial charge in [-0.15, -0.1) is 0 Å². The van der Waals surface area contributed by atoms with Gasteiger partial charge in [0.05, 0.1) is 11.8 Å². The van der Waals surface area contributed by atoms with E-state index in [0.717, 1.165) is 0 Å². The molecule has 0 heterocycles. The van der Waals surface area contributed by atoms with Crippen molar-refractivity contribution in [3.05, 3.63) is 0 Å². The van der Waals surface area contributed by atoms with Crippen LogP contribution in [-0.4, -0.2) is 53.7 Å². The first-order chi connectivity index (χ1) is 8.96. The predicted molar refractivity (Wildman–Crippen MR) is 81.6 cm³/mol. The number of rotatable bonds is 9. The molecule has 5 nitrogen and oxygen atoms in total. The van der Waals surface area contributed by atoms with Crippen LogP contribution in [0.25, 0.3) is 0 Å². The lowest BCUT2D eigenvalue weighted by atomic mass is 10.1. The highest BCUT2D eigenvalue weighted by atomic mass is 32.2. The molecule has 0 aliphatic heterocycles. The second-order valence-electron chi connectivity index (χ2n) is 4.09. The van der Waals surface area contributed by atoms with E-state index in [1.807, 2.05) is 19.4 Å². The summed E-state index contributed by atoms with van der Waals surface area (Å²) in [4.78, 5) is 34.9. The van der Waals surface area contributed by atoms with Gasteiger partial charge in [0, 0.05) is 5.75 Å². The standard InChI is InChI=1S/C12H22N2O3S2/c1-5-9(8(2)15)14-12(17)10(6-18-3)13-11(16)7-19-4/h9-10H,5-7H2,1-4H3,(H,13,16)(H,14,17). The Balaban J connectivity index is 4.55. The Morgan fingerprint density at radius 1 is 1.05 bits per heavy atom. The van der Waals surface area contributed by atoms with Gasteiger partial charge in [-0.25, -0.2) is 0 Å². The molecule has 0 fully saturated rings. The minimum absolute atomic E-state index is 0.0748. The van der Waals surface area contributed by atoms with Crippen molar-refractivity contribution in [2.45, 2.75) is 32.4 Å². The van der Waals surface area contributed by atoms with Gasteiger partial charge in [0.15, 0.2) is 5.78 Å². The molecular weight excluding hydrogens is 284 g/mol. The zero-order valence-electron chi connectivity index (χ0n) is 11.8. The average Bonchev–Trinajstić information content (AvgIpc) is 2.35. The third-order valence-corrected chi connectivity index (χ3v) is 3.69. The molecule has 0 aliphatic carbocycles. The van der Waals surface area contributed by atoms with Crippen LogP contribution in [0, 0.1) is 0 Å². The molecule has 2 atom stereocenters. The van der Waals surface area contributed by atoms with Crippen LogP contribution in [0.3, 0.4) is 0 Å². The zero-order chi connectivity index (χ0) is 14.8. The van der Waals surface area contributed by atoms with Crippen molar-refractivity contribution in [3.63, 3.8) is 0 Å². The van der Waals surface area contributed by atoms with Crippen LogP contribution in [0.4, 0.5) is 0 Å². The Hall–Kier alpha value is -0.690. The van der Waals surface area contributed by atoms with E-state index in [1.165, 1.54) is 30.4 Å². The summed E-state index contributed by atoms with van der Waals surface area (Å²) in [5, 5.41) is 5.36. The first-order valence-corrected chi connectivity index (χ1v) is 8.83. The first kappa shape index (κ1) is 18.3. The fraction of sp³-hybridized carbons (Fsp3) is 0.750. The average molecular weight is 306 g/mol.